The van der Waals surface area contributed by atoms with Gasteiger partial charge in [0.2, 0.25) is 0 Å². The van der Waals surface area contributed by atoms with E-state index in [4.69, 9.17) is 0 Å². The van der Waals surface area contributed by atoms with Crippen molar-refractivity contribution >= 4 is 17.5 Å². The summed E-state index contributed by atoms with van der Waals surface area (Å²) in [6.07, 6.45) is 6.32. The molecule has 0 amide bonds. The number of carboxylic acid groups (broad SMARTS) is 1. The highest BCUT2D eigenvalue weighted by molar-refractivity contribution is 6.11. The molecule has 0 aromatic carbocycles. The van der Waals surface area contributed by atoms with Crippen molar-refractivity contribution in [2.24, 2.45) is 40.4 Å². The molecular weight excluding hydrogens is 316 g/mol. The molecule has 3 saturated carbocycles. The molecule has 0 aromatic heterocycles. The van der Waals surface area contributed by atoms with Gasteiger partial charge in [-0.15, -0.1) is 0 Å². The van der Waals surface area contributed by atoms with Gasteiger partial charge < -0.3 is 5.11 Å². The smallest absolute Gasteiger partial charge is 0.307 e. The second-order valence-corrected chi connectivity index (χ2v) is 9.43. The minimum atomic E-state index is -0.655. The van der Waals surface area contributed by atoms with Gasteiger partial charge in [-0.25, -0.2) is 0 Å². The molecule has 0 spiro atoms. The van der Waals surface area contributed by atoms with Gasteiger partial charge in [0.25, 0.3) is 0 Å². The molecule has 4 aliphatic rings. The zero-order valence-corrected chi connectivity index (χ0v) is 15.4. The Kier molecular flexibility index (Phi) is 3.59. The summed E-state index contributed by atoms with van der Waals surface area (Å²) in [6, 6.07) is 0. The maximum atomic E-state index is 12.9. The van der Waals surface area contributed by atoms with Crippen LogP contribution in [-0.4, -0.2) is 22.6 Å². The summed E-state index contributed by atoms with van der Waals surface area (Å²) >= 11 is 0. The van der Waals surface area contributed by atoms with Crippen molar-refractivity contribution in [2.45, 2.75) is 59.3 Å². The van der Waals surface area contributed by atoms with E-state index in [9.17, 15) is 19.5 Å². The van der Waals surface area contributed by atoms with Crippen LogP contribution in [0.3, 0.4) is 0 Å². The first kappa shape index (κ1) is 17.0. The van der Waals surface area contributed by atoms with E-state index in [1.165, 1.54) is 0 Å². The van der Waals surface area contributed by atoms with Crippen molar-refractivity contribution in [3.8, 4) is 0 Å². The molecule has 4 aliphatic carbocycles. The number of hydrogen-bond donors (Lipinski definition) is 1. The fourth-order valence-electron chi connectivity index (χ4n) is 7.31. The summed E-state index contributed by atoms with van der Waals surface area (Å²) in [5, 5.41) is 9.79. The number of fused-ring (bicyclic) bond motifs is 5. The molecular formula is C21H28O4. The average molecular weight is 344 g/mol. The fourth-order valence-corrected chi connectivity index (χ4v) is 7.31. The monoisotopic (exact) mass is 344 g/mol. The van der Waals surface area contributed by atoms with E-state index in [-0.39, 0.29) is 41.2 Å². The number of rotatable bonds is 1. The molecule has 2 unspecified atom stereocenters. The lowest BCUT2D eigenvalue weighted by Gasteiger charge is -2.56. The highest BCUT2D eigenvalue weighted by atomic mass is 16.4. The molecule has 0 saturated heterocycles. The van der Waals surface area contributed by atoms with E-state index >= 15 is 0 Å². The number of hydrogen-bond acceptors (Lipinski definition) is 3. The second-order valence-electron chi connectivity index (χ2n) is 9.43. The molecule has 0 heterocycles. The van der Waals surface area contributed by atoms with Crippen molar-refractivity contribution in [1.82, 2.24) is 0 Å². The maximum absolute atomic E-state index is 12.9. The highest BCUT2D eigenvalue weighted by Crippen LogP contribution is 2.67. The Hall–Kier alpha value is -1.45. The summed E-state index contributed by atoms with van der Waals surface area (Å²) in [4.78, 5) is 36.6. The molecule has 3 fully saturated rings. The van der Waals surface area contributed by atoms with Gasteiger partial charge in [0.05, 0.1) is 17.8 Å². The summed E-state index contributed by atoms with van der Waals surface area (Å²) in [7, 11) is 0. The quantitative estimate of drug-likeness (QED) is 0.737. The molecule has 136 valence electrons. The Morgan fingerprint density at radius 2 is 1.92 bits per heavy atom. The Bertz CT molecular complexity index is 692. The summed E-state index contributed by atoms with van der Waals surface area (Å²) in [5.41, 5.74) is 0.389. The average Bonchev–Trinajstić information content (AvgIpc) is 2.79. The summed E-state index contributed by atoms with van der Waals surface area (Å²) in [6.45, 7) is 6.31. The number of carbonyl (C=O) groups is 3. The van der Waals surface area contributed by atoms with Crippen molar-refractivity contribution in [1.29, 1.82) is 0 Å². The molecule has 4 rings (SSSR count). The molecule has 25 heavy (non-hydrogen) atoms. The van der Waals surface area contributed by atoms with E-state index in [2.05, 4.69) is 20.8 Å². The van der Waals surface area contributed by atoms with Gasteiger partial charge in [0.15, 0.2) is 11.6 Å². The van der Waals surface area contributed by atoms with E-state index in [1.54, 1.807) is 6.08 Å². The van der Waals surface area contributed by atoms with Crippen LogP contribution < -0.4 is 0 Å². The van der Waals surface area contributed by atoms with Crippen LogP contribution in [0.15, 0.2) is 11.6 Å². The number of carboxylic acids is 1. The molecule has 0 aromatic rings. The molecule has 0 aliphatic heterocycles. The number of Topliss-reactive ketones (excluding diaryl/α,β-unsaturated/α-hetero) is 1. The Balaban J connectivity index is 1.73. The number of carbonyl (C=O) groups excluding carboxylic acids is 2. The third-order valence-electron chi connectivity index (χ3n) is 8.45. The second kappa shape index (κ2) is 5.28. The molecule has 4 nitrogen and oxygen atoms in total. The van der Waals surface area contributed by atoms with Crippen LogP contribution in [0.1, 0.15) is 59.3 Å². The lowest BCUT2D eigenvalue weighted by Crippen LogP contribution is -2.54. The first-order chi connectivity index (χ1) is 11.7. The van der Waals surface area contributed by atoms with Gasteiger partial charge in [-0.3, -0.25) is 14.4 Å². The lowest BCUT2D eigenvalue weighted by atomic mass is 9.46. The largest absolute Gasteiger partial charge is 0.481 e. The van der Waals surface area contributed by atoms with Gasteiger partial charge in [0, 0.05) is 0 Å². The summed E-state index contributed by atoms with van der Waals surface area (Å²) < 4.78 is 0. The third kappa shape index (κ3) is 2.09. The van der Waals surface area contributed by atoms with Crippen LogP contribution in [0.4, 0.5) is 0 Å². The van der Waals surface area contributed by atoms with E-state index in [0.29, 0.717) is 11.8 Å². The summed E-state index contributed by atoms with van der Waals surface area (Å²) in [5.74, 6) is 0.373. The molecule has 7 atom stereocenters. The number of allylic oxidation sites excluding steroid dienone is 1. The van der Waals surface area contributed by atoms with Crippen LogP contribution in [0.5, 0.6) is 0 Å². The van der Waals surface area contributed by atoms with Gasteiger partial charge in [-0.2, -0.15) is 0 Å². The normalized spacial score (nSPS) is 49.1. The number of aliphatic carboxylic acids is 1. The SMILES string of the molecule is CC1C[C@H]2[C@@H]3CCC4=CC(=O)CC(=O)[C@]4(C)[C@H]3CC[C@]2(C)C1C(=O)O. The molecule has 0 bridgehead atoms. The van der Waals surface area contributed by atoms with Crippen LogP contribution in [0.25, 0.3) is 0 Å². The van der Waals surface area contributed by atoms with E-state index < -0.39 is 11.4 Å². The van der Waals surface area contributed by atoms with Crippen molar-refractivity contribution in [3.05, 3.63) is 11.6 Å². The minimum absolute atomic E-state index is 0.0410. The van der Waals surface area contributed by atoms with Crippen molar-refractivity contribution < 1.29 is 19.5 Å². The maximum Gasteiger partial charge on any atom is 0.307 e. The van der Waals surface area contributed by atoms with Gasteiger partial charge >= 0.3 is 5.97 Å². The lowest BCUT2D eigenvalue weighted by molar-refractivity contribution is -0.153. The fraction of sp³-hybridized carbons (Fsp3) is 0.762. The zero-order valence-electron chi connectivity index (χ0n) is 15.4. The van der Waals surface area contributed by atoms with Gasteiger partial charge in [-0.05, 0) is 74.2 Å². The van der Waals surface area contributed by atoms with Crippen LogP contribution in [0, 0.1) is 40.4 Å². The van der Waals surface area contributed by atoms with Crippen LogP contribution >= 0.6 is 0 Å². The predicted molar refractivity (Wildman–Crippen MR) is 92.8 cm³/mol. The topological polar surface area (TPSA) is 71.4 Å². The van der Waals surface area contributed by atoms with Crippen molar-refractivity contribution in [3.63, 3.8) is 0 Å². The van der Waals surface area contributed by atoms with Gasteiger partial charge in [0.1, 0.15) is 0 Å². The zero-order chi connectivity index (χ0) is 18.1. The minimum Gasteiger partial charge on any atom is -0.481 e. The first-order valence-corrected chi connectivity index (χ1v) is 9.69. The van der Waals surface area contributed by atoms with Crippen molar-refractivity contribution in [2.75, 3.05) is 0 Å². The Morgan fingerprint density at radius 3 is 2.60 bits per heavy atom. The van der Waals surface area contributed by atoms with E-state index in [1.807, 2.05) is 0 Å². The Labute approximate surface area is 149 Å². The highest BCUT2D eigenvalue weighted by Gasteiger charge is 2.63. The molecule has 1 N–H and O–H groups in total. The Morgan fingerprint density at radius 1 is 1.20 bits per heavy atom. The standard InChI is InChI=1S/C21H28O4/c1-11-8-16-14-5-4-12-9-13(22)10-17(23)21(12,3)15(14)6-7-20(16,2)18(11)19(24)25/h9,11,14-16,18H,4-8,10H2,1-3H3,(H,24,25)/t11?,14-,15+,16+,18?,20+,21+/m1/s1. The number of ketones is 2. The third-order valence-corrected chi connectivity index (χ3v) is 8.45. The van der Waals surface area contributed by atoms with Gasteiger partial charge in [-0.1, -0.05) is 19.4 Å². The first-order valence-electron chi connectivity index (χ1n) is 9.69. The molecule has 0 radical (unpaired) electrons. The van der Waals surface area contributed by atoms with Crippen LogP contribution in [0.2, 0.25) is 0 Å². The molecule has 4 heteroatoms. The van der Waals surface area contributed by atoms with E-state index in [0.717, 1.165) is 37.7 Å². The predicted octanol–water partition coefficient (Wildman–Crippen LogP) is 3.64. The van der Waals surface area contributed by atoms with Crippen LogP contribution in [-0.2, 0) is 14.4 Å².